The van der Waals surface area contributed by atoms with E-state index in [9.17, 15) is 24.8 Å². The van der Waals surface area contributed by atoms with E-state index in [4.69, 9.17) is 9.47 Å². The molecule has 2 aliphatic heterocycles. The van der Waals surface area contributed by atoms with Crippen LogP contribution in [0.5, 0.6) is 5.75 Å². The second kappa shape index (κ2) is 12.4. The van der Waals surface area contributed by atoms with Crippen LogP contribution in [-0.4, -0.2) is 77.5 Å². The number of carbonyl (C=O) groups is 2. The number of Topliss-reactive ketones (excluding diaryl/α,β-unsaturated/α-hetero) is 1. The molecule has 0 spiro atoms. The maximum atomic E-state index is 13.3. The Kier molecular flexibility index (Phi) is 8.98. The fourth-order valence-corrected chi connectivity index (χ4v) is 4.92. The van der Waals surface area contributed by atoms with Gasteiger partial charge in [-0.1, -0.05) is 13.8 Å². The number of carbonyl (C=O) groups excluding carboxylic acids is 2. The van der Waals surface area contributed by atoms with Crippen LogP contribution in [-0.2, 0) is 14.3 Å². The SMILES string of the molecule is Cc1cc(OCC(C)C)ccc1C(O)=C1C(=O)C(=O)N(CCCN2CCOCC2)[C@H]1c1ccc([N+](=O)[O-])cc1. The lowest BCUT2D eigenvalue weighted by atomic mass is 9.93. The third kappa shape index (κ3) is 6.46. The van der Waals surface area contributed by atoms with Crippen molar-refractivity contribution in [2.75, 3.05) is 46.0 Å². The van der Waals surface area contributed by atoms with Crippen LogP contribution < -0.4 is 4.74 Å². The van der Waals surface area contributed by atoms with Gasteiger partial charge in [0.1, 0.15) is 11.5 Å². The molecule has 10 heteroatoms. The summed E-state index contributed by atoms with van der Waals surface area (Å²) in [5.41, 5.74) is 1.50. The Hall–Kier alpha value is -3.76. The maximum absolute atomic E-state index is 13.3. The number of aliphatic hydroxyl groups excluding tert-OH is 1. The van der Waals surface area contributed by atoms with Gasteiger partial charge in [0.15, 0.2) is 0 Å². The van der Waals surface area contributed by atoms with E-state index in [1.165, 1.54) is 29.2 Å². The number of likely N-dealkylation sites (tertiary alicyclic amines) is 1. The third-order valence-electron chi connectivity index (χ3n) is 6.97. The van der Waals surface area contributed by atoms with Crippen LogP contribution in [0, 0.1) is 23.0 Å². The van der Waals surface area contributed by atoms with Crippen LogP contribution in [0.4, 0.5) is 5.69 Å². The Bertz CT molecular complexity index is 1250. The van der Waals surface area contributed by atoms with Gasteiger partial charge in [-0.05, 0) is 60.7 Å². The summed E-state index contributed by atoms with van der Waals surface area (Å²) in [6, 6.07) is 10.1. The Morgan fingerprint density at radius 3 is 2.44 bits per heavy atom. The van der Waals surface area contributed by atoms with Crippen molar-refractivity contribution in [3.05, 3.63) is 74.8 Å². The first-order chi connectivity index (χ1) is 18.7. The average Bonchev–Trinajstić information content (AvgIpc) is 3.17. The highest BCUT2D eigenvalue weighted by Crippen LogP contribution is 2.40. The Morgan fingerprint density at radius 2 is 1.82 bits per heavy atom. The standard InChI is InChI=1S/C29H35N3O7/c1-19(2)18-39-23-9-10-24(20(3)17-23)27(33)25-26(21-5-7-22(8-6-21)32(36)37)31(29(35)28(25)34)12-4-11-30-13-15-38-16-14-30/h5-10,17,19,26,33H,4,11-16,18H2,1-3H3/t26-/m0/s1. The van der Waals surface area contributed by atoms with E-state index in [2.05, 4.69) is 4.90 Å². The van der Waals surface area contributed by atoms with Gasteiger partial charge < -0.3 is 19.5 Å². The summed E-state index contributed by atoms with van der Waals surface area (Å²) in [5.74, 6) is -0.758. The lowest BCUT2D eigenvalue weighted by Gasteiger charge is -2.29. The van der Waals surface area contributed by atoms with Crippen LogP contribution >= 0.6 is 0 Å². The maximum Gasteiger partial charge on any atom is 0.295 e. The van der Waals surface area contributed by atoms with Crippen molar-refractivity contribution in [1.82, 2.24) is 9.80 Å². The molecule has 0 radical (unpaired) electrons. The fourth-order valence-electron chi connectivity index (χ4n) is 4.92. The minimum atomic E-state index is -0.869. The van der Waals surface area contributed by atoms with Crippen LogP contribution in [0.25, 0.3) is 5.76 Å². The van der Waals surface area contributed by atoms with Gasteiger partial charge in [0, 0.05) is 43.9 Å². The molecule has 0 saturated carbocycles. The zero-order valence-corrected chi connectivity index (χ0v) is 22.6. The molecule has 2 aromatic carbocycles. The summed E-state index contributed by atoms with van der Waals surface area (Å²) in [5, 5.41) is 22.6. The molecule has 2 aromatic rings. The Balaban J connectivity index is 1.68. The number of hydrogen-bond acceptors (Lipinski definition) is 8. The number of non-ortho nitro benzene ring substituents is 1. The van der Waals surface area contributed by atoms with E-state index < -0.39 is 22.7 Å². The highest BCUT2D eigenvalue weighted by atomic mass is 16.6. The molecule has 0 unspecified atom stereocenters. The van der Waals surface area contributed by atoms with Crippen molar-refractivity contribution >= 4 is 23.1 Å². The molecule has 2 fully saturated rings. The summed E-state index contributed by atoms with van der Waals surface area (Å²) >= 11 is 0. The first-order valence-corrected chi connectivity index (χ1v) is 13.2. The van der Waals surface area contributed by atoms with E-state index >= 15 is 0 Å². The summed E-state index contributed by atoms with van der Waals surface area (Å²) in [4.78, 5) is 41.0. The molecule has 2 saturated heterocycles. The number of benzene rings is 2. The molecule has 10 nitrogen and oxygen atoms in total. The minimum Gasteiger partial charge on any atom is -0.507 e. The molecule has 2 aliphatic rings. The van der Waals surface area contributed by atoms with Gasteiger partial charge in [-0.25, -0.2) is 0 Å². The van der Waals surface area contributed by atoms with Gasteiger partial charge in [-0.2, -0.15) is 0 Å². The number of hydrogen-bond donors (Lipinski definition) is 1. The van der Waals surface area contributed by atoms with E-state index in [0.717, 1.165) is 19.6 Å². The monoisotopic (exact) mass is 537 g/mol. The van der Waals surface area contributed by atoms with E-state index in [0.29, 0.717) is 61.1 Å². The van der Waals surface area contributed by atoms with Gasteiger partial charge in [-0.15, -0.1) is 0 Å². The van der Waals surface area contributed by atoms with Crippen molar-refractivity contribution in [2.24, 2.45) is 5.92 Å². The predicted molar refractivity (Wildman–Crippen MR) is 145 cm³/mol. The number of aryl methyl sites for hydroxylation is 1. The van der Waals surface area contributed by atoms with Crippen molar-refractivity contribution in [3.8, 4) is 5.75 Å². The molecule has 1 N–H and O–H groups in total. The van der Waals surface area contributed by atoms with Crippen molar-refractivity contribution in [2.45, 2.75) is 33.2 Å². The highest BCUT2D eigenvalue weighted by Gasteiger charge is 2.46. The number of rotatable bonds is 10. The van der Waals surface area contributed by atoms with Crippen LogP contribution in [0.1, 0.15) is 43.0 Å². The lowest BCUT2D eigenvalue weighted by molar-refractivity contribution is -0.384. The molecular weight excluding hydrogens is 502 g/mol. The smallest absolute Gasteiger partial charge is 0.295 e. The highest BCUT2D eigenvalue weighted by molar-refractivity contribution is 6.46. The van der Waals surface area contributed by atoms with Gasteiger partial charge in [0.05, 0.1) is 36.4 Å². The number of amides is 1. The second-order valence-electron chi connectivity index (χ2n) is 10.3. The third-order valence-corrected chi connectivity index (χ3v) is 6.97. The van der Waals surface area contributed by atoms with Gasteiger partial charge in [0.25, 0.3) is 17.4 Å². The first kappa shape index (κ1) is 28.3. The normalized spacial score (nSPS) is 19.6. The molecule has 1 amide bonds. The lowest BCUT2D eigenvalue weighted by Crippen LogP contribution is -2.38. The number of nitrogens with zero attached hydrogens (tertiary/aromatic N) is 3. The van der Waals surface area contributed by atoms with Crippen molar-refractivity contribution < 1.29 is 29.1 Å². The topological polar surface area (TPSA) is 122 Å². The van der Waals surface area contributed by atoms with Crippen LogP contribution in [0.3, 0.4) is 0 Å². The minimum absolute atomic E-state index is 0.0285. The molecule has 0 aliphatic carbocycles. The van der Waals surface area contributed by atoms with Crippen LogP contribution in [0.15, 0.2) is 48.0 Å². The molecule has 0 aromatic heterocycles. The van der Waals surface area contributed by atoms with Gasteiger partial charge in [0.2, 0.25) is 0 Å². The Morgan fingerprint density at radius 1 is 1.13 bits per heavy atom. The number of ketones is 1. The number of aliphatic hydroxyl groups is 1. The predicted octanol–water partition coefficient (Wildman–Crippen LogP) is 4.08. The van der Waals surface area contributed by atoms with E-state index in [1.807, 2.05) is 13.8 Å². The van der Waals surface area contributed by atoms with E-state index in [-0.39, 0.29) is 17.0 Å². The summed E-state index contributed by atoms with van der Waals surface area (Å²) in [6.07, 6.45) is 0.622. The average molecular weight is 538 g/mol. The molecular formula is C29H35N3O7. The van der Waals surface area contributed by atoms with E-state index in [1.54, 1.807) is 25.1 Å². The zero-order valence-electron chi connectivity index (χ0n) is 22.6. The number of nitro groups is 1. The summed E-state index contributed by atoms with van der Waals surface area (Å²) < 4.78 is 11.2. The number of morpholine rings is 1. The Labute approximate surface area is 228 Å². The second-order valence-corrected chi connectivity index (χ2v) is 10.3. The number of ether oxygens (including phenoxy) is 2. The number of nitro benzene ring substituents is 1. The molecule has 1 atom stereocenters. The molecule has 0 bridgehead atoms. The fraction of sp³-hybridized carbons (Fsp3) is 0.448. The van der Waals surface area contributed by atoms with Crippen molar-refractivity contribution in [3.63, 3.8) is 0 Å². The molecule has 208 valence electrons. The van der Waals surface area contributed by atoms with Gasteiger partial charge >= 0.3 is 0 Å². The van der Waals surface area contributed by atoms with Gasteiger partial charge in [-0.3, -0.25) is 24.6 Å². The molecule has 4 rings (SSSR count). The zero-order chi connectivity index (χ0) is 28.1. The quantitative estimate of drug-likeness (QED) is 0.158. The first-order valence-electron chi connectivity index (χ1n) is 13.2. The largest absolute Gasteiger partial charge is 0.507 e. The van der Waals surface area contributed by atoms with Crippen LogP contribution in [0.2, 0.25) is 0 Å². The van der Waals surface area contributed by atoms with Crippen molar-refractivity contribution in [1.29, 1.82) is 0 Å². The molecule has 2 heterocycles. The molecule has 39 heavy (non-hydrogen) atoms. The summed E-state index contributed by atoms with van der Waals surface area (Å²) in [6.45, 7) is 10.4. The summed E-state index contributed by atoms with van der Waals surface area (Å²) in [7, 11) is 0.